The largest absolute Gasteiger partial charge is 0.481 e. The highest BCUT2D eigenvalue weighted by molar-refractivity contribution is 5.98. The number of imidazole rings is 1. The molecule has 3 rings (SSSR count). The summed E-state index contributed by atoms with van der Waals surface area (Å²) in [4.78, 5) is 38.7. The molecule has 0 atom stereocenters. The number of carbonyl (C=O) groups excluding carboxylic acids is 1. The number of carbonyl (C=O) groups is 3. The van der Waals surface area contributed by atoms with Crippen molar-refractivity contribution >= 4 is 34.7 Å². The van der Waals surface area contributed by atoms with E-state index in [4.69, 9.17) is 16.2 Å². The third-order valence-electron chi connectivity index (χ3n) is 4.38. The van der Waals surface area contributed by atoms with E-state index in [2.05, 4.69) is 10.3 Å². The van der Waals surface area contributed by atoms with Crippen LogP contribution in [0.25, 0.3) is 22.4 Å². The smallest absolute Gasteiger partial charge is 0.323 e. The van der Waals surface area contributed by atoms with Gasteiger partial charge in [0.1, 0.15) is 18.2 Å². The van der Waals surface area contributed by atoms with E-state index in [0.717, 1.165) is 0 Å². The van der Waals surface area contributed by atoms with Gasteiger partial charge in [0.15, 0.2) is 0 Å². The second-order valence-electron chi connectivity index (χ2n) is 6.51. The predicted molar refractivity (Wildman–Crippen MR) is 108 cm³/mol. The minimum absolute atomic E-state index is 0.00654. The summed E-state index contributed by atoms with van der Waals surface area (Å²) in [7, 11) is 0. The van der Waals surface area contributed by atoms with Gasteiger partial charge in [-0.25, -0.2) is 4.98 Å². The van der Waals surface area contributed by atoms with Gasteiger partial charge in [0, 0.05) is 23.2 Å². The van der Waals surface area contributed by atoms with Gasteiger partial charge in [-0.05, 0) is 18.2 Å². The Bertz CT molecular complexity index is 1150. The van der Waals surface area contributed by atoms with Crippen molar-refractivity contribution in [3.05, 3.63) is 53.6 Å². The monoisotopic (exact) mass is 409 g/mol. The SMILES string of the molecule is N=C(N)c1ccc(-c2nc3cc(C(=O)NCCC(=O)O)ccc3n2CC(=O)O)cc1. The Morgan fingerprint density at radius 1 is 1.03 bits per heavy atom. The van der Waals surface area contributed by atoms with Crippen LogP contribution in [0.1, 0.15) is 22.3 Å². The maximum absolute atomic E-state index is 12.2. The number of hydrogen-bond acceptors (Lipinski definition) is 5. The number of carboxylic acids is 2. The topological polar surface area (TPSA) is 171 Å². The van der Waals surface area contributed by atoms with Gasteiger partial charge in [-0.3, -0.25) is 19.8 Å². The number of carboxylic acid groups (broad SMARTS) is 2. The van der Waals surface area contributed by atoms with Gasteiger partial charge in [0.2, 0.25) is 0 Å². The first kappa shape index (κ1) is 20.5. The number of aromatic nitrogens is 2. The molecular formula is C20H19N5O5. The fourth-order valence-electron chi connectivity index (χ4n) is 2.97. The Morgan fingerprint density at radius 3 is 2.30 bits per heavy atom. The number of nitrogens with one attached hydrogen (secondary N) is 2. The summed E-state index contributed by atoms with van der Waals surface area (Å²) in [6, 6.07) is 11.3. The standard InChI is InChI=1S/C20H19N5O5/c21-18(22)11-1-3-12(4-2-11)19-24-14-9-13(20(30)23-8-7-16(26)27)5-6-15(14)25(19)10-17(28)29/h1-6,9H,7-8,10H2,(H3,21,22)(H,23,30)(H,26,27)(H,28,29). The number of nitrogen functional groups attached to an aromatic ring is 1. The summed E-state index contributed by atoms with van der Waals surface area (Å²) >= 11 is 0. The van der Waals surface area contributed by atoms with Gasteiger partial charge in [0.25, 0.3) is 5.91 Å². The first-order valence-electron chi connectivity index (χ1n) is 8.93. The van der Waals surface area contributed by atoms with E-state index in [1.54, 1.807) is 30.3 Å². The maximum Gasteiger partial charge on any atom is 0.323 e. The summed E-state index contributed by atoms with van der Waals surface area (Å²) in [6.45, 7) is -0.335. The van der Waals surface area contributed by atoms with E-state index in [9.17, 15) is 19.5 Å². The summed E-state index contributed by atoms with van der Waals surface area (Å²) in [5, 5.41) is 28.0. The zero-order valence-corrected chi connectivity index (χ0v) is 15.8. The van der Waals surface area contributed by atoms with Crippen molar-refractivity contribution in [2.45, 2.75) is 13.0 Å². The van der Waals surface area contributed by atoms with E-state index < -0.39 is 17.8 Å². The zero-order valence-electron chi connectivity index (χ0n) is 15.8. The van der Waals surface area contributed by atoms with E-state index >= 15 is 0 Å². The van der Waals surface area contributed by atoms with Gasteiger partial charge < -0.3 is 25.8 Å². The molecule has 10 nitrogen and oxygen atoms in total. The third-order valence-corrected chi connectivity index (χ3v) is 4.38. The molecule has 0 aliphatic rings. The lowest BCUT2D eigenvalue weighted by Crippen LogP contribution is -2.25. The van der Waals surface area contributed by atoms with Crippen molar-refractivity contribution in [1.29, 1.82) is 5.41 Å². The van der Waals surface area contributed by atoms with Crippen molar-refractivity contribution in [3.63, 3.8) is 0 Å². The van der Waals surface area contributed by atoms with Crippen LogP contribution in [0.4, 0.5) is 0 Å². The molecule has 0 unspecified atom stereocenters. The maximum atomic E-state index is 12.2. The molecule has 0 saturated heterocycles. The molecule has 0 saturated carbocycles. The third kappa shape index (κ3) is 4.43. The first-order valence-corrected chi connectivity index (χ1v) is 8.93. The number of amides is 1. The lowest BCUT2D eigenvalue weighted by molar-refractivity contribution is -0.138. The molecule has 1 aromatic heterocycles. The van der Waals surface area contributed by atoms with Crippen LogP contribution in [0.15, 0.2) is 42.5 Å². The van der Waals surface area contributed by atoms with Gasteiger partial charge in [-0.2, -0.15) is 0 Å². The minimum Gasteiger partial charge on any atom is -0.481 e. The molecule has 0 spiro atoms. The van der Waals surface area contributed by atoms with E-state index in [0.29, 0.717) is 28.0 Å². The zero-order chi connectivity index (χ0) is 21.8. The number of benzene rings is 2. The quantitative estimate of drug-likeness (QED) is 0.275. The molecule has 0 aliphatic carbocycles. The molecule has 2 aromatic carbocycles. The van der Waals surface area contributed by atoms with Crippen molar-refractivity contribution in [1.82, 2.24) is 14.9 Å². The fraction of sp³-hybridized carbons (Fsp3) is 0.150. The molecule has 154 valence electrons. The lowest BCUT2D eigenvalue weighted by Gasteiger charge is -2.07. The highest BCUT2D eigenvalue weighted by Crippen LogP contribution is 2.26. The summed E-state index contributed by atoms with van der Waals surface area (Å²) in [5.41, 5.74) is 7.87. The molecule has 1 heterocycles. The Kier molecular flexibility index (Phi) is 5.77. The molecule has 0 aliphatic heterocycles. The number of nitrogens with zero attached hydrogens (tertiary/aromatic N) is 2. The number of aliphatic carboxylic acids is 2. The molecule has 0 radical (unpaired) electrons. The van der Waals surface area contributed by atoms with Crippen molar-refractivity contribution in [3.8, 4) is 11.4 Å². The van der Waals surface area contributed by atoms with E-state index in [1.165, 1.54) is 16.7 Å². The molecule has 0 fully saturated rings. The minimum atomic E-state index is -1.05. The highest BCUT2D eigenvalue weighted by Gasteiger charge is 2.17. The summed E-state index contributed by atoms with van der Waals surface area (Å²) < 4.78 is 1.52. The second kappa shape index (κ2) is 8.43. The van der Waals surface area contributed by atoms with E-state index in [1.807, 2.05) is 0 Å². The highest BCUT2D eigenvalue weighted by atomic mass is 16.4. The van der Waals surface area contributed by atoms with Crippen molar-refractivity contribution in [2.24, 2.45) is 5.73 Å². The van der Waals surface area contributed by atoms with Crippen LogP contribution >= 0.6 is 0 Å². The molecular weight excluding hydrogens is 390 g/mol. The van der Waals surface area contributed by atoms with Crippen LogP contribution in [-0.4, -0.2) is 50.0 Å². The Balaban J connectivity index is 2.00. The van der Waals surface area contributed by atoms with Crippen LogP contribution < -0.4 is 11.1 Å². The molecule has 10 heteroatoms. The van der Waals surface area contributed by atoms with Crippen LogP contribution in [0.2, 0.25) is 0 Å². The molecule has 30 heavy (non-hydrogen) atoms. The molecule has 0 bridgehead atoms. The van der Waals surface area contributed by atoms with Crippen molar-refractivity contribution in [2.75, 3.05) is 6.54 Å². The normalized spacial score (nSPS) is 10.7. The van der Waals surface area contributed by atoms with E-state index in [-0.39, 0.29) is 30.9 Å². The van der Waals surface area contributed by atoms with Gasteiger partial charge >= 0.3 is 11.9 Å². The molecule has 1 amide bonds. The Hall–Kier alpha value is -4.21. The number of rotatable bonds is 8. The van der Waals surface area contributed by atoms with Crippen molar-refractivity contribution < 1.29 is 24.6 Å². The Labute approximate surface area is 170 Å². The van der Waals surface area contributed by atoms with Gasteiger partial charge in [0.05, 0.1) is 17.5 Å². The number of hydrogen-bond donors (Lipinski definition) is 5. The van der Waals surface area contributed by atoms with Crippen LogP contribution in [0.3, 0.4) is 0 Å². The molecule has 6 N–H and O–H groups in total. The number of amidine groups is 1. The van der Waals surface area contributed by atoms with Crippen LogP contribution in [0.5, 0.6) is 0 Å². The number of nitrogens with two attached hydrogens (primary N) is 1. The summed E-state index contributed by atoms with van der Waals surface area (Å²) in [6.07, 6.45) is -0.193. The second-order valence-corrected chi connectivity index (χ2v) is 6.51. The van der Waals surface area contributed by atoms with Crippen LogP contribution in [-0.2, 0) is 16.1 Å². The molecule has 3 aromatic rings. The van der Waals surface area contributed by atoms with Gasteiger partial charge in [-0.1, -0.05) is 24.3 Å². The summed E-state index contributed by atoms with van der Waals surface area (Å²) in [5.74, 6) is -2.20. The average Bonchev–Trinajstić information content (AvgIpc) is 3.04. The Morgan fingerprint density at radius 2 is 1.70 bits per heavy atom. The predicted octanol–water partition coefficient (Wildman–Crippen LogP) is 1.28. The van der Waals surface area contributed by atoms with Gasteiger partial charge in [-0.15, -0.1) is 0 Å². The van der Waals surface area contributed by atoms with Crippen LogP contribution in [0, 0.1) is 5.41 Å². The average molecular weight is 409 g/mol. The number of fused-ring (bicyclic) bond motifs is 1. The first-order chi connectivity index (χ1) is 14.3. The lowest BCUT2D eigenvalue weighted by atomic mass is 10.1. The fourth-order valence-corrected chi connectivity index (χ4v) is 2.97.